The van der Waals surface area contributed by atoms with Gasteiger partial charge in [0.2, 0.25) is 0 Å². The molecule has 1 saturated carbocycles. The monoisotopic (exact) mass is 207 g/mol. The average molecular weight is 207 g/mol. The van der Waals surface area contributed by atoms with Gasteiger partial charge in [-0.15, -0.1) is 0 Å². The van der Waals surface area contributed by atoms with Crippen LogP contribution in [0.5, 0.6) is 5.75 Å². The first-order chi connectivity index (χ1) is 7.18. The Morgan fingerprint density at radius 3 is 2.93 bits per heavy atom. The third-order valence-electron chi connectivity index (χ3n) is 3.32. The van der Waals surface area contributed by atoms with Gasteiger partial charge in [0.1, 0.15) is 11.6 Å². The highest BCUT2D eigenvalue weighted by molar-refractivity contribution is 5.46. The fraction of sp³-hybridized carbons (Fsp3) is 0.500. The third-order valence-corrected chi connectivity index (χ3v) is 3.32. The van der Waals surface area contributed by atoms with Gasteiger partial charge in [-0.3, -0.25) is 0 Å². The van der Waals surface area contributed by atoms with E-state index in [2.05, 4.69) is 0 Å². The topological polar surface area (TPSA) is 35.2 Å². The van der Waals surface area contributed by atoms with E-state index in [1.807, 2.05) is 6.07 Å². The van der Waals surface area contributed by atoms with Crippen LogP contribution in [0.25, 0.3) is 0 Å². The molecule has 1 aromatic carbocycles. The van der Waals surface area contributed by atoms with Crippen LogP contribution in [-0.4, -0.2) is 12.1 Å². The smallest absolute Gasteiger partial charge is 0.130 e. The maximum absolute atomic E-state index is 13.7. The van der Waals surface area contributed by atoms with E-state index in [1.54, 1.807) is 0 Å². The second-order valence-corrected chi connectivity index (χ2v) is 4.65. The third kappa shape index (κ3) is 1.51. The zero-order chi connectivity index (χ0) is 10.5. The molecule has 1 aliphatic heterocycles. The van der Waals surface area contributed by atoms with Crippen LogP contribution in [0.2, 0.25) is 0 Å². The largest absolute Gasteiger partial charge is 0.493 e. The van der Waals surface area contributed by atoms with Crippen LogP contribution in [-0.2, 0) is 12.8 Å². The van der Waals surface area contributed by atoms with Gasteiger partial charge in [-0.2, -0.15) is 0 Å². The number of rotatable bonds is 2. The van der Waals surface area contributed by atoms with Gasteiger partial charge >= 0.3 is 0 Å². The van der Waals surface area contributed by atoms with Crippen molar-refractivity contribution in [3.05, 3.63) is 29.1 Å². The molecule has 1 aliphatic carbocycles. The zero-order valence-corrected chi connectivity index (χ0v) is 8.55. The van der Waals surface area contributed by atoms with Gasteiger partial charge in [-0.1, -0.05) is 6.07 Å². The van der Waals surface area contributed by atoms with Crippen LogP contribution in [0.3, 0.4) is 0 Å². The summed E-state index contributed by atoms with van der Waals surface area (Å²) >= 11 is 0. The average Bonchev–Trinajstić information content (AvgIpc) is 2.78. The minimum atomic E-state index is -0.174. The second-order valence-electron chi connectivity index (χ2n) is 4.65. The molecule has 2 N–H and O–H groups in total. The maximum Gasteiger partial charge on any atom is 0.130 e. The quantitative estimate of drug-likeness (QED) is 0.802. The molecular weight excluding hydrogens is 193 g/mol. The molecule has 0 bridgehead atoms. The van der Waals surface area contributed by atoms with Crippen molar-refractivity contribution in [1.82, 2.24) is 0 Å². The number of fused-ring (bicyclic) bond motifs is 1. The molecule has 15 heavy (non-hydrogen) atoms. The Labute approximate surface area is 88.2 Å². The lowest BCUT2D eigenvalue weighted by Gasteiger charge is -2.13. The van der Waals surface area contributed by atoms with Crippen molar-refractivity contribution in [2.45, 2.75) is 31.2 Å². The summed E-state index contributed by atoms with van der Waals surface area (Å²) in [7, 11) is 0. The standard InChI is InChI=1S/C12H14FNO/c13-10-2-1-8-3-6-15-11(8)9(10)7-12(14)4-5-12/h1-2H,3-7,14H2. The summed E-state index contributed by atoms with van der Waals surface area (Å²) in [6, 6.07) is 3.35. The molecule has 0 spiro atoms. The first-order valence-corrected chi connectivity index (χ1v) is 5.40. The van der Waals surface area contributed by atoms with Gasteiger partial charge in [-0.25, -0.2) is 4.39 Å². The van der Waals surface area contributed by atoms with Crippen molar-refractivity contribution in [2.24, 2.45) is 5.73 Å². The summed E-state index contributed by atoms with van der Waals surface area (Å²) in [4.78, 5) is 0. The molecule has 2 aliphatic rings. The number of nitrogens with two attached hydrogens (primary N) is 1. The van der Waals surface area contributed by atoms with Gasteiger partial charge in [0, 0.05) is 17.5 Å². The number of benzene rings is 1. The van der Waals surface area contributed by atoms with Crippen LogP contribution in [0.4, 0.5) is 4.39 Å². The number of ether oxygens (including phenoxy) is 1. The Balaban J connectivity index is 2.01. The van der Waals surface area contributed by atoms with Crippen molar-refractivity contribution < 1.29 is 9.13 Å². The van der Waals surface area contributed by atoms with Gasteiger partial charge in [0.15, 0.2) is 0 Å². The molecule has 0 amide bonds. The Morgan fingerprint density at radius 1 is 1.40 bits per heavy atom. The first kappa shape index (κ1) is 9.16. The molecule has 1 heterocycles. The van der Waals surface area contributed by atoms with E-state index in [1.165, 1.54) is 6.07 Å². The van der Waals surface area contributed by atoms with Crippen LogP contribution < -0.4 is 10.5 Å². The van der Waals surface area contributed by atoms with Crippen LogP contribution in [0, 0.1) is 5.82 Å². The van der Waals surface area contributed by atoms with E-state index in [9.17, 15) is 4.39 Å². The second kappa shape index (κ2) is 2.95. The SMILES string of the molecule is NC1(Cc2c(F)ccc3c2OCC3)CC1. The van der Waals surface area contributed by atoms with E-state index in [0.29, 0.717) is 18.6 Å². The maximum atomic E-state index is 13.7. The summed E-state index contributed by atoms with van der Waals surface area (Å²) in [5.74, 6) is 0.583. The van der Waals surface area contributed by atoms with E-state index < -0.39 is 0 Å². The Bertz CT molecular complexity index is 412. The molecule has 3 rings (SSSR count). The highest BCUT2D eigenvalue weighted by Crippen LogP contribution is 2.40. The molecule has 1 fully saturated rings. The van der Waals surface area contributed by atoms with E-state index in [0.717, 1.165) is 30.6 Å². The molecule has 80 valence electrons. The van der Waals surface area contributed by atoms with E-state index >= 15 is 0 Å². The Hall–Kier alpha value is -1.09. The van der Waals surface area contributed by atoms with Gasteiger partial charge in [-0.05, 0) is 30.9 Å². The minimum absolute atomic E-state index is 0.165. The summed E-state index contributed by atoms with van der Waals surface area (Å²) in [6.07, 6.45) is 3.49. The van der Waals surface area contributed by atoms with Gasteiger partial charge in [0.25, 0.3) is 0 Å². The van der Waals surface area contributed by atoms with Crippen molar-refractivity contribution in [3.8, 4) is 5.75 Å². The van der Waals surface area contributed by atoms with Gasteiger partial charge < -0.3 is 10.5 Å². The van der Waals surface area contributed by atoms with Crippen molar-refractivity contribution >= 4 is 0 Å². The number of hydrogen-bond acceptors (Lipinski definition) is 2. The first-order valence-electron chi connectivity index (χ1n) is 5.40. The predicted octanol–water partition coefficient (Wildman–Crippen LogP) is 1.79. The zero-order valence-electron chi connectivity index (χ0n) is 8.55. The van der Waals surface area contributed by atoms with E-state index in [4.69, 9.17) is 10.5 Å². The van der Waals surface area contributed by atoms with Crippen molar-refractivity contribution in [3.63, 3.8) is 0 Å². The van der Waals surface area contributed by atoms with Crippen molar-refractivity contribution in [1.29, 1.82) is 0 Å². The molecule has 1 aromatic rings. The molecule has 3 heteroatoms. The van der Waals surface area contributed by atoms with Gasteiger partial charge in [0.05, 0.1) is 6.61 Å². The minimum Gasteiger partial charge on any atom is -0.493 e. The Kier molecular flexibility index (Phi) is 1.80. The summed E-state index contributed by atoms with van der Waals surface area (Å²) in [6.45, 7) is 0.670. The molecule has 0 atom stereocenters. The summed E-state index contributed by atoms with van der Waals surface area (Å²) in [5, 5.41) is 0. The van der Waals surface area contributed by atoms with Crippen molar-refractivity contribution in [2.75, 3.05) is 6.61 Å². The van der Waals surface area contributed by atoms with Crippen LogP contribution in [0.1, 0.15) is 24.0 Å². The summed E-state index contributed by atoms with van der Waals surface area (Å²) < 4.78 is 19.2. The molecule has 0 unspecified atom stereocenters. The lowest BCUT2D eigenvalue weighted by atomic mass is 10.00. The highest BCUT2D eigenvalue weighted by atomic mass is 19.1. The molecule has 0 radical (unpaired) electrons. The molecule has 0 saturated heterocycles. The molecule has 0 aromatic heterocycles. The fourth-order valence-electron chi connectivity index (χ4n) is 2.15. The fourth-order valence-corrected chi connectivity index (χ4v) is 2.15. The van der Waals surface area contributed by atoms with Crippen LogP contribution in [0.15, 0.2) is 12.1 Å². The number of halogens is 1. The lowest BCUT2D eigenvalue weighted by molar-refractivity contribution is 0.349. The molecule has 2 nitrogen and oxygen atoms in total. The normalized spacial score (nSPS) is 20.9. The number of hydrogen-bond donors (Lipinski definition) is 1. The summed E-state index contributed by atoms with van der Waals surface area (Å²) in [5.41, 5.74) is 7.66. The Morgan fingerprint density at radius 2 is 2.20 bits per heavy atom. The van der Waals surface area contributed by atoms with Crippen LogP contribution >= 0.6 is 0 Å². The lowest BCUT2D eigenvalue weighted by Crippen LogP contribution is -2.25. The predicted molar refractivity (Wildman–Crippen MR) is 55.5 cm³/mol. The highest BCUT2D eigenvalue weighted by Gasteiger charge is 2.40. The molecular formula is C12H14FNO. The van der Waals surface area contributed by atoms with E-state index in [-0.39, 0.29) is 11.4 Å².